The van der Waals surface area contributed by atoms with Crippen LogP contribution in [-0.2, 0) is 6.42 Å². The van der Waals surface area contributed by atoms with Crippen LogP contribution >= 0.6 is 0 Å². The first kappa shape index (κ1) is 16.5. The lowest BCUT2D eigenvalue weighted by atomic mass is 10.0. The Bertz CT molecular complexity index is 401. The molecule has 0 saturated carbocycles. The zero-order valence-electron chi connectivity index (χ0n) is 13.1. The second-order valence-electron chi connectivity index (χ2n) is 5.14. The molecule has 1 unspecified atom stereocenters. The quantitative estimate of drug-likeness (QED) is 0.752. The minimum absolute atomic E-state index is 0.0489. The van der Waals surface area contributed by atoms with Crippen LogP contribution in [-0.4, -0.2) is 38.1 Å². The van der Waals surface area contributed by atoms with Crippen LogP contribution in [0.4, 0.5) is 4.79 Å². The van der Waals surface area contributed by atoms with Crippen LogP contribution < -0.4 is 10.6 Å². The van der Waals surface area contributed by atoms with Crippen LogP contribution in [0, 0.1) is 0 Å². The molecular weight excluding hydrogens is 250 g/mol. The Hall–Kier alpha value is -1.55. The number of hydrogen-bond acceptors (Lipinski definition) is 2. The van der Waals surface area contributed by atoms with Crippen molar-refractivity contribution < 1.29 is 4.79 Å². The third-order valence-electron chi connectivity index (χ3n) is 3.40. The van der Waals surface area contributed by atoms with Crippen LogP contribution in [0.1, 0.15) is 37.4 Å². The van der Waals surface area contributed by atoms with Gasteiger partial charge >= 0.3 is 6.03 Å². The summed E-state index contributed by atoms with van der Waals surface area (Å²) < 4.78 is 0. The van der Waals surface area contributed by atoms with Crippen molar-refractivity contribution in [3.8, 4) is 0 Å². The van der Waals surface area contributed by atoms with Gasteiger partial charge in [-0.05, 0) is 24.0 Å². The summed E-state index contributed by atoms with van der Waals surface area (Å²) in [6.45, 7) is 5.75. The normalized spacial score (nSPS) is 12.0. The second-order valence-corrected chi connectivity index (χ2v) is 5.14. The summed E-state index contributed by atoms with van der Waals surface area (Å²) in [7, 11) is 3.49. The Morgan fingerprint density at radius 1 is 1.15 bits per heavy atom. The Morgan fingerprint density at radius 2 is 1.80 bits per heavy atom. The molecule has 0 aliphatic carbocycles. The Kier molecular flexibility index (Phi) is 7.09. The van der Waals surface area contributed by atoms with Crippen molar-refractivity contribution in [3.63, 3.8) is 0 Å². The molecule has 1 rings (SSSR count). The molecule has 0 spiro atoms. The van der Waals surface area contributed by atoms with Crippen molar-refractivity contribution in [2.45, 2.75) is 32.7 Å². The first-order valence-electron chi connectivity index (χ1n) is 7.35. The van der Waals surface area contributed by atoms with E-state index in [1.807, 2.05) is 0 Å². The Balaban J connectivity index is 2.40. The molecule has 1 aromatic rings. The maximum Gasteiger partial charge on any atom is 0.316 e. The summed E-state index contributed by atoms with van der Waals surface area (Å²) in [4.78, 5) is 12.9. The molecule has 0 heterocycles. The van der Waals surface area contributed by atoms with Crippen molar-refractivity contribution in [2.75, 3.05) is 27.2 Å². The average molecular weight is 277 g/mol. The number of hydrogen-bond donors (Lipinski definition) is 2. The summed E-state index contributed by atoms with van der Waals surface area (Å²) >= 11 is 0. The number of amides is 2. The van der Waals surface area contributed by atoms with Gasteiger partial charge < -0.3 is 15.5 Å². The smallest absolute Gasteiger partial charge is 0.316 e. The van der Waals surface area contributed by atoms with Crippen molar-refractivity contribution in [2.24, 2.45) is 0 Å². The molecule has 4 heteroatoms. The molecule has 1 aromatic carbocycles. The van der Waals surface area contributed by atoms with Gasteiger partial charge in [-0.15, -0.1) is 0 Å². The fourth-order valence-corrected chi connectivity index (χ4v) is 2.06. The first-order chi connectivity index (χ1) is 9.58. The molecule has 112 valence electrons. The standard InChI is InChI=1S/C16H27N3O/c1-5-13-7-9-14(10-8-13)15(6-2)17-11-12-18-16(20)19(3)4/h7-10,15,17H,5-6,11-12H2,1-4H3,(H,18,20). The number of urea groups is 1. The fourth-order valence-electron chi connectivity index (χ4n) is 2.06. The SMILES string of the molecule is CCc1ccc(C(CC)NCCNC(=O)N(C)C)cc1. The molecular formula is C16H27N3O. The summed E-state index contributed by atoms with van der Waals surface area (Å²) in [6, 6.07) is 9.06. The van der Waals surface area contributed by atoms with E-state index in [0.717, 1.165) is 19.4 Å². The molecule has 0 aromatic heterocycles. The number of rotatable bonds is 7. The van der Waals surface area contributed by atoms with Gasteiger partial charge in [-0.1, -0.05) is 38.1 Å². The van der Waals surface area contributed by atoms with Gasteiger partial charge in [0.25, 0.3) is 0 Å². The van der Waals surface area contributed by atoms with Crippen molar-refractivity contribution in [1.29, 1.82) is 0 Å². The molecule has 0 aliphatic rings. The van der Waals surface area contributed by atoms with Gasteiger partial charge in [0.2, 0.25) is 0 Å². The van der Waals surface area contributed by atoms with Crippen molar-refractivity contribution in [3.05, 3.63) is 35.4 Å². The summed E-state index contributed by atoms with van der Waals surface area (Å²) in [6.07, 6.45) is 2.11. The van der Waals surface area contributed by atoms with E-state index in [1.165, 1.54) is 11.1 Å². The lowest BCUT2D eigenvalue weighted by molar-refractivity contribution is 0.217. The molecule has 0 bridgehead atoms. The van der Waals surface area contributed by atoms with E-state index in [0.29, 0.717) is 12.6 Å². The van der Waals surface area contributed by atoms with Crippen LogP contribution in [0.5, 0.6) is 0 Å². The Labute approximate surface area is 122 Å². The number of benzene rings is 1. The van der Waals surface area contributed by atoms with E-state index in [9.17, 15) is 4.79 Å². The number of carbonyl (C=O) groups is 1. The highest BCUT2D eigenvalue weighted by Crippen LogP contribution is 2.17. The molecule has 2 N–H and O–H groups in total. The molecule has 0 saturated heterocycles. The highest BCUT2D eigenvalue weighted by atomic mass is 16.2. The predicted molar refractivity (Wildman–Crippen MR) is 83.9 cm³/mol. The van der Waals surface area contributed by atoms with E-state index in [4.69, 9.17) is 0 Å². The van der Waals surface area contributed by atoms with Gasteiger partial charge in [0.1, 0.15) is 0 Å². The molecule has 0 fully saturated rings. The maximum absolute atomic E-state index is 11.4. The summed E-state index contributed by atoms with van der Waals surface area (Å²) in [5.41, 5.74) is 2.67. The summed E-state index contributed by atoms with van der Waals surface area (Å²) in [5, 5.41) is 6.34. The second kappa shape index (κ2) is 8.59. The first-order valence-corrected chi connectivity index (χ1v) is 7.35. The molecule has 2 amide bonds. The van der Waals surface area contributed by atoms with Crippen molar-refractivity contribution >= 4 is 6.03 Å². The largest absolute Gasteiger partial charge is 0.337 e. The van der Waals surface area contributed by atoms with E-state index in [-0.39, 0.29) is 6.03 Å². The lowest BCUT2D eigenvalue weighted by Gasteiger charge is -2.18. The molecule has 0 aliphatic heterocycles. The van der Waals surface area contributed by atoms with Gasteiger partial charge in [-0.3, -0.25) is 0 Å². The maximum atomic E-state index is 11.4. The van der Waals surface area contributed by atoms with Gasteiger partial charge in [0.15, 0.2) is 0 Å². The van der Waals surface area contributed by atoms with Crippen LogP contribution in [0.3, 0.4) is 0 Å². The zero-order chi connectivity index (χ0) is 15.0. The number of nitrogens with one attached hydrogen (secondary N) is 2. The lowest BCUT2D eigenvalue weighted by Crippen LogP contribution is -2.39. The molecule has 0 radical (unpaired) electrons. The van der Waals surface area contributed by atoms with E-state index in [1.54, 1.807) is 19.0 Å². The van der Waals surface area contributed by atoms with Crippen molar-refractivity contribution in [1.82, 2.24) is 15.5 Å². The molecule has 4 nitrogen and oxygen atoms in total. The number of nitrogens with zero attached hydrogens (tertiary/aromatic N) is 1. The van der Waals surface area contributed by atoms with Crippen LogP contribution in [0.15, 0.2) is 24.3 Å². The predicted octanol–water partition coefficient (Wildman–Crippen LogP) is 2.56. The monoisotopic (exact) mass is 277 g/mol. The van der Waals surface area contributed by atoms with Gasteiger partial charge in [-0.25, -0.2) is 4.79 Å². The van der Waals surface area contributed by atoms with Gasteiger partial charge in [0, 0.05) is 33.2 Å². The van der Waals surface area contributed by atoms with E-state index < -0.39 is 0 Å². The minimum Gasteiger partial charge on any atom is -0.337 e. The third-order valence-corrected chi connectivity index (χ3v) is 3.40. The number of aryl methyl sites for hydroxylation is 1. The molecule has 20 heavy (non-hydrogen) atoms. The van der Waals surface area contributed by atoms with E-state index in [2.05, 4.69) is 48.7 Å². The highest BCUT2D eigenvalue weighted by molar-refractivity contribution is 5.73. The van der Waals surface area contributed by atoms with Gasteiger partial charge in [0.05, 0.1) is 0 Å². The Morgan fingerprint density at radius 3 is 2.30 bits per heavy atom. The zero-order valence-corrected chi connectivity index (χ0v) is 13.1. The average Bonchev–Trinajstić information content (AvgIpc) is 2.47. The van der Waals surface area contributed by atoms with Crippen LogP contribution in [0.25, 0.3) is 0 Å². The topological polar surface area (TPSA) is 44.4 Å². The minimum atomic E-state index is -0.0489. The van der Waals surface area contributed by atoms with Gasteiger partial charge in [-0.2, -0.15) is 0 Å². The van der Waals surface area contributed by atoms with Crippen LogP contribution in [0.2, 0.25) is 0 Å². The highest BCUT2D eigenvalue weighted by Gasteiger charge is 2.08. The molecule has 1 atom stereocenters. The number of carbonyl (C=O) groups excluding carboxylic acids is 1. The fraction of sp³-hybridized carbons (Fsp3) is 0.562. The third kappa shape index (κ3) is 5.21. The summed E-state index contributed by atoms with van der Waals surface area (Å²) in [5.74, 6) is 0. The van der Waals surface area contributed by atoms with E-state index >= 15 is 0 Å².